The molecular formula is C6H12N2O3. The van der Waals surface area contributed by atoms with Crippen molar-refractivity contribution in [2.45, 2.75) is 19.9 Å². The van der Waals surface area contributed by atoms with Gasteiger partial charge >= 0.3 is 12.1 Å². The lowest BCUT2D eigenvalue weighted by Gasteiger charge is -2.11. The topological polar surface area (TPSA) is 95.4 Å². The highest BCUT2D eigenvalue weighted by Crippen LogP contribution is 1.99. The van der Waals surface area contributed by atoms with Gasteiger partial charge in [0.25, 0.3) is 0 Å². The molecule has 0 rings (SSSR count). The van der Waals surface area contributed by atoms with Crippen molar-refractivity contribution in [1.29, 1.82) is 0 Å². The molecule has 5 nitrogen and oxygen atoms in total. The van der Waals surface area contributed by atoms with Gasteiger partial charge in [0.2, 0.25) is 0 Å². The minimum Gasteiger partial charge on any atom is -0.375 e. The molecule has 0 aromatic carbocycles. The molecule has 5 heteroatoms. The Kier molecular flexibility index (Phi) is 3.53. The number of hydrogen-bond acceptors (Lipinski definition) is 4. The Bertz CT molecular complexity index is 167. The first kappa shape index (κ1) is 9.90. The van der Waals surface area contributed by atoms with Crippen molar-refractivity contribution >= 4 is 12.1 Å². The second-order valence-electron chi connectivity index (χ2n) is 2.51. The minimum atomic E-state index is -1.12. The van der Waals surface area contributed by atoms with Gasteiger partial charge in [-0.1, -0.05) is 13.8 Å². The lowest BCUT2D eigenvalue weighted by molar-refractivity contribution is -0.139. The molecule has 0 unspecified atom stereocenters. The maximum atomic E-state index is 10.7. The third-order valence-corrected chi connectivity index (χ3v) is 1.19. The van der Waals surface area contributed by atoms with Gasteiger partial charge in [0, 0.05) is 0 Å². The Morgan fingerprint density at radius 2 is 1.82 bits per heavy atom. The zero-order chi connectivity index (χ0) is 9.02. The highest BCUT2D eigenvalue weighted by Gasteiger charge is 2.20. The Morgan fingerprint density at radius 1 is 1.36 bits per heavy atom. The van der Waals surface area contributed by atoms with Crippen LogP contribution in [0.2, 0.25) is 0 Å². The number of rotatable bonds is 2. The predicted octanol–water partition coefficient (Wildman–Crippen LogP) is -0.408. The van der Waals surface area contributed by atoms with E-state index in [1.165, 1.54) is 0 Å². The van der Waals surface area contributed by atoms with Crippen LogP contribution in [0, 0.1) is 5.92 Å². The number of carbonyl (C=O) groups excluding carboxylic acids is 2. The molecule has 0 radical (unpaired) electrons. The van der Waals surface area contributed by atoms with E-state index in [-0.39, 0.29) is 5.92 Å². The minimum absolute atomic E-state index is 0.0677. The largest absolute Gasteiger partial charge is 0.412 e. The number of amides is 1. The van der Waals surface area contributed by atoms with Crippen LogP contribution in [0.4, 0.5) is 4.79 Å². The van der Waals surface area contributed by atoms with Crippen molar-refractivity contribution < 1.29 is 14.3 Å². The maximum Gasteiger partial charge on any atom is 0.412 e. The number of nitrogens with two attached hydrogens (primary N) is 2. The Labute approximate surface area is 64.7 Å². The van der Waals surface area contributed by atoms with Gasteiger partial charge < -0.3 is 16.2 Å². The summed E-state index contributed by atoms with van der Waals surface area (Å²) in [6.45, 7) is 3.49. The summed E-state index contributed by atoms with van der Waals surface area (Å²) in [5.41, 5.74) is 9.92. The lowest BCUT2D eigenvalue weighted by Crippen LogP contribution is -2.39. The van der Waals surface area contributed by atoms with Crippen molar-refractivity contribution in [1.82, 2.24) is 0 Å². The summed E-state index contributed by atoms with van der Waals surface area (Å²) in [6, 6.07) is -0.789. The average Bonchev–Trinajstić information content (AvgIpc) is 1.84. The van der Waals surface area contributed by atoms with Gasteiger partial charge in [0.05, 0.1) is 0 Å². The highest BCUT2D eigenvalue weighted by atomic mass is 16.6. The molecule has 0 aliphatic carbocycles. The van der Waals surface area contributed by atoms with E-state index in [9.17, 15) is 9.59 Å². The van der Waals surface area contributed by atoms with Gasteiger partial charge in [0.15, 0.2) is 0 Å². The van der Waals surface area contributed by atoms with Crippen LogP contribution in [0.1, 0.15) is 13.8 Å². The molecule has 4 N–H and O–H groups in total. The van der Waals surface area contributed by atoms with E-state index in [2.05, 4.69) is 10.5 Å². The van der Waals surface area contributed by atoms with Crippen molar-refractivity contribution in [3.05, 3.63) is 0 Å². The van der Waals surface area contributed by atoms with E-state index in [1.54, 1.807) is 13.8 Å². The van der Waals surface area contributed by atoms with Crippen LogP contribution in [0.3, 0.4) is 0 Å². The second-order valence-corrected chi connectivity index (χ2v) is 2.51. The SMILES string of the molecule is CC(C)[C@@H](N)C(=O)OC(N)=O. The van der Waals surface area contributed by atoms with E-state index >= 15 is 0 Å². The van der Waals surface area contributed by atoms with E-state index in [4.69, 9.17) is 5.73 Å². The Balaban J connectivity index is 3.93. The zero-order valence-electron chi connectivity index (χ0n) is 6.53. The number of ether oxygens (including phenoxy) is 1. The molecule has 64 valence electrons. The van der Waals surface area contributed by atoms with Crippen LogP contribution in [0.5, 0.6) is 0 Å². The third-order valence-electron chi connectivity index (χ3n) is 1.19. The summed E-state index contributed by atoms with van der Waals surface area (Å²) in [4.78, 5) is 20.8. The predicted molar refractivity (Wildman–Crippen MR) is 38.5 cm³/mol. The monoisotopic (exact) mass is 160 g/mol. The van der Waals surface area contributed by atoms with Crippen molar-refractivity contribution in [2.75, 3.05) is 0 Å². The lowest BCUT2D eigenvalue weighted by atomic mass is 10.1. The summed E-state index contributed by atoms with van der Waals surface area (Å²) in [5.74, 6) is -0.852. The first-order valence-electron chi connectivity index (χ1n) is 3.22. The van der Waals surface area contributed by atoms with Gasteiger partial charge in [-0.2, -0.15) is 0 Å². The number of hydrogen-bond donors (Lipinski definition) is 2. The summed E-state index contributed by atoms with van der Waals surface area (Å²) >= 11 is 0. The normalized spacial score (nSPS) is 12.7. The highest BCUT2D eigenvalue weighted by molar-refractivity contribution is 5.86. The van der Waals surface area contributed by atoms with Crippen LogP contribution in [-0.2, 0) is 9.53 Å². The summed E-state index contributed by atoms with van der Waals surface area (Å²) < 4.78 is 4.05. The molecule has 0 aliphatic heterocycles. The molecule has 0 aromatic rings. The van der Waals surface area contributed by atoms with Crippen LogP contribution in [-0.4, -0.2) is 18.1 Å². The standard InChI is InChI=1S/C6H12N2O3/c1-3(2)4(7)5(9)11-6(8)10/h3-4H,7H2,1-2H3,(H2,8,10)/t4-/m1/s1. The molecule has 1 atom stereocenters. The third kappa shape index (κ3) is 3.57. The van der Waals surface area contributed by atoms with Gasteiger partial charge in [-0.3, -0.25) is 0 Å². The van der Waals surface area contributed by atoms with E-state index < -0.39 is 18.1 Å². The van der Waals surface area contributed by atoms with Crippen LogP contribution < -0.4 is 11.5 Å². The fourth-order valence-electron chi connectivity index (χ4n) is 0.439. The molecule has 0 aromatic heterocycles. The zero-order valence-corrected chi connectivity index (χ0v) is 6.53. The fourth-order valence-corrected chi connectivity index (χ4v) is 0.439. The smallest absolute Gasteiger partial charge is 0.375 e. The van der Waals surface area contributed by atoms with Gasteiger partial charge in [-0.15, -0.1) is 0 Å². The molecule has 0 spiro atoms. The second kappa shape index (κ2) is 3.92. The Morgan fingerprint density at radius 3 is 2.09 bits per heavy atom. The van der Waals surface area contributed by atoms with E-state index in [1.807, 2.05) is 0 Å². The van der Waals surface area contributed by atoms with Crippen LogP contribution in [0.25, 0.3) is 0 Å². The molecule has 0 saturated carbocycles. The maximum absolute atomic E-state index is 10.7. The first-order chi connectivity index (χ1) is 4.95. The molecule has 11 heavy (non-hydrogen) atoms. The molecule has 1 amide bonds. The van der Waals surface area contributed by atoms with Crippen molar-refractivity contribution in [3.63, 3.8) is 0 Å². The first-order valence-corrected chi connectivity index (χ1v) is 3.22. The Hall–Kier alpha value is -1.10. The van der Waals surface area contributed by atoms with Gasteiger partial charge in [0.1, 0.15) is 6.04 Å². The summed E-state index contributed by atoms with van der Waals surface area (Å²) in [5, 5.41) is 0. The molecule has 0 heterocycles. The molecule has 0 aliphatic rings. The molecular weight excluding hydrogens is 148 g/mol. The molecule has 0 saturated heterocycles. The number of carbonyl (C=O) groups is 2. The summed E-state index contributed by atoms with van der Waals surface area (Å²) in [6.07, 6.45) is -1.12. The van der Waals surface area contributed by atoms with Crippen molar-refractivity contribution in [3.8, 4) is 0 Å². The fraction of sp³-hybridized carbons (Fsp3) is 0.667. The van der Waals surface area contributed by atoms with Gasteiger partial charge in [-0.25, -0.2) is 9.59 Å². The van der Waals surface area contributed by atoms with Gasteiger partial charge in [-0.05, 0) is 5.92 Å². The molecule has 0 bridgehead atoms. The summed E-state index contributed by atoms with van der Waals surface area (Å²) in [7, 11) is 0. The van der Waals surface area contributed by atoms with Crippen LogP contribution >= 0.6 is 0 Å². The number of esters is 1. The van der Waals surface area contributed by atoms with Crippen LogP contribution in [0.15, 0.2) is 0 Å². The molecule has 0 fully saturated rings. The van der Waals surface area contributed by atoms with E-state index in [0.717, 1.165) is 0 Å². The van der Waals surface area contributed by atoms with E-state index in [0.29, 0.717) is 0 Å². The average molecular weight is 160 g/mol. The quantitative estimate of drug-likeness (QED) is 0.424. The number of primary amides is 1. The van der Waals surface area contributed by atoms with Crippen molar-refractivity contribution in [2.24, 2.45) is 17.4 Å².